The molecule has 1 N–H and O–H groups in total. The first kappa shape index (κ1) is 12.4. The number of hydrogen-bond donors (Lipinski definition) is 2. The van der Waals surface area contributed by atoms with Gasteiger partial charge in [-0.05, 0) is 5.75 Å². The van der Waals surface area contributed by atoms with Crippen LogP contribution < -0.4 is 0 Å². The van der Waals surface area contributed by atoms with Gasteiger partial charge in [0, 0.05) is 6.42 Å². The molecule has 0 heterocycles. The fourth-order valence-corrected chi connectivity index (χ4v) is 2.02. The molecule has 0 aromatic heterocycles. The van der Waals surface area contributed by atoms with E-state index in [2.05, 4.69) is 12.6 Å². The van der Waals surface area contributed by atoms with Crippen molar-refractivity contribution in [2.45, 2.75) is 12.8 Å². The van der Waals surface area contributed by atoms with Gasteiger partial charge in [-0.15, -0.1) is 0 Å². The van der Waals surface area contributed by atoms with Crippen molar-refractivity contribution in [1.82, 2.24) is 0 Å². The van der Waals surface area contributed by atoms with Crippen LogP contribution in [0, 0.1) is 0 Å². The minimum absolute atomic E-state index is 0.144. The molecule has 0 aromatic rings. The summed E-state index contributed by atoms with van der Waals surface area (Å²) in [5.41, 5.74) is 0. The predicted octanol–water partition coefficient (Wildman–Crippen LogP) is -0.278. The van der Waals surface area contributed by atoms with Crippen molar-refractivity contribution in [3.05, 3.63) is 0 Å². The highest BCUT2D eigenvalue weighted by Crippen LogP contribution is 2.00. The summed E-state index contributed by atoms with van der Waals surface area (Å²) in [5, 5.41) is 7.26. The molecule has 0 amide bonds. The monoisotopic (exact) mass is 226 g/mol. The summed E-state index contributed by atoms with van der Waals surface area (Å²) in [4.78, 5) is 20.9. The number of carboxylic acids is 1. The van der Waals surface area contributed by atoms with Crippen LogP contribution in [0.4, 0.5) is 0 Å². The second-order valence-electron chi connectivity index (χ2n) is 2.31. The lowest BCUT2D eigenvalue weighted by atomic mass is 10.5. The van der Waals surface area contributed by atoms with Crippen LogP contribution in [0.1, 0.15) is 12.8 Å². The third-order valence-corrected chi connectivity index (χ3v) is 3.11. The summed E-state index contributed by atoms with van der Waals surface area (Å²) in [6, 6.07) is 0. The summed E-state index contributed by atoms with van der Waals surface area (Å²) in [6.07, 6.45) is -0.717. The highest BCUT2D eigenvalue weighted by Gasteiger charge is 2.21. The Morgan fingerprint density at radius 1 is 1.23 bits per heavy atom. The zero-order chi connectivity index (χ0) is 10.5. The van der Waals surface area contributed by atoms with Crippen molar-refractivity contribution in [1.29, 1.82) is 0 Å². The minimum atomic E-state index is -3.89. The second-order valence-corrected chi connectivity index (χ2v) is 4.85. The van der Waals surface area contributed by atoms with E-state index in [0.717, 1.165) is 0 Å². The molecule has 76 valence electrons. The summed E-state index contributed by atoms with van der Waals surface area (Å²) >= 11 is 3.70. The van der Waals surface area contributed by atoms with Gasteiger partial charge in [0.1, 0.15) is 0 Å². The van der Waals surface area contributed by atoms with E-state index < -0.39 is 33.1 Å². The Hall–Kier alpha value is -0.560. The number of thiol groups is 1. The molecule has 0 aliphatic rings. The predicted molar refractivity (Wildman–Crippen MR) is 49.5 cm³/mol. The highest BCUT2D eigenvalue weighted by atomic mass is 32.2. The van der Waals surface area contributed by atoms with E-state index in [0.29, 0.717) is 0 Å². The molecule has 0 bridgehead atoms. The maximum atomic E-state index is 11.0. The van der Waals surface area contributed by atoms with Gasteiger partial charge in [-0.3, -0.25) is 9.59 Å². The van der Waals surface area contributed by atoms with Gasteiger partial charge in [0.15, 0.2) is 0 Å². The van der Waals surface area contributed by atoms with Crippen molar-refractivity contribution in [3.63, 3.8) is 0 Å². The number of sulfone groups is 1. The molecular weight excluding hydrogens is 216 g/mol. The Kier molecular flexibility index (Phi) is 5.01. The molecule has 0 saturated carbocycles. The van der Waals surface area contributed by atoms with E-state index in [9.17, 15) is 18.0 Å². The molecule has 0 rings (SSSR count). The third kappa shape index (κ3) is 4.89. The van der Waals surface area contributed by atoms with E-state index >= 15 is 0 Å². The zero-order valence-electron chi connectivity index (χ0n) is 6.76. The Morgan fingerprint density at radius 3 is 2.15 bits per heavy atom. The number of carbonyl (C=O) groups excluding carboxylic acids is 1. The third-order valence-electron chi connectivity index (χ3n) is 1.25. The summed E-state index contributed by atoms with van der Waals surface area (Å²) in [5.74, 6) is -1.72. The van der Waals surface area contributed by atoms with Crippen molar-refractivity contribution in [2.24, 2.45) is 0 Å². The zero-order valence-corrected chi connectivity index (χ0v) is 8.48. The van der Waals surface area contributed by atoms with Crippen LogP contribution in [0.5, 0.6) is 0 Å². The smallest absolute Gasteiger partial charge is 0.304 e. The number of aliphatic carboxylic acids is 1. The molecule has 0 fully saturated rings. The summed E-state index contributed by atoms with van der Waals surface area (Å²) in [6.45, 7) is 0. The number of hydrogen-bond acceptors (Lipinski definition) is 5. The molecule has 0 aliphatic carbocycles. The first-order chi connectivity index (χ1) is 5.90. The van der Waals surface area contributed by atoms with Gasteiger partial charge in [-0.1, -0.05) is 0 Å². The van der Waals surface area contributed by atoms with Gasteiger partial charge >= 0.3 is 5.97 Å². The van der Waals surface area contributed by atoms with Crippen LogP contribution >= 0.6 is 12.6 Å². The second kappa shape index (κ2) is 5.23. The number of rotatable bonds is 5. The van der Waals surface area contributed by atoms with Crippen LogP contribution in [0.25, 0.3) is 0 Å². The average Bonchev–Trinajstić information content (AvgIpc) is 2.01. The van der Waals surface area contributed by atoms with Gasteiger partial charge in [0.05, 0.1) is 12.2 Å². The molecule has 0 aromatic carbocycles. The number of carbonyl (C=O) groups is 2. The lowest BCUT2D eigenvalue weighted by Crippen LogP contribution is -2.20. The van der Waals surface area contributed by atoms with E-state index in [-0.39, 0.29) is 12.2 Å². The van der Waals surface area contributed by atoms with E-state index in [1.54, 1.807) is 0 Å². The number of carboxylic acid groups (broad SMARTS) is 1. The SMILES string of the molecule is O=C(O)CCS(=O)(=O)C(=O)CCS. The molecule has 5 nitrogen and oxygen atoms in total. The highest BCUT2D eigenvalue weighted by molar-refractivity contribution is 8.06. The maximum Gasteiger partial charge on any atom is 0.304 e. The first-order valence-corrected chi connectivity index (χ1v) is 5.77. The fourth-order valence-electron chi connectivity index (χ4n) is 0.582. The lowest BCUT2D eigenvalue weighted by molar-refractivity contribution is -0.136. The van der Waals surface area contributed by atoms with Crippen molar-refractivity contribution >= 4 is 33.6 Å². The van der Waals surface area contributed by atoms with Crippen molar-refractivity contribution in [2.75, 3.05) is 11.5 Å². The van der Waals surface area contributed by atoms with Gasteiger partial charge in [-0.2, -0.15) is 12.6 Å². The van der Waals surface area contributed by atoms with Gasteiger partial charge in [0.25, 0.3) is 0 Å². The molecule has 0 spiro atoms. The molecular formula is C6H10O5S2. The quantitative estimate of drug-likeness (QED) is 0.629. The van der Waals surface area contributed by atoms with E-state index in [1.165, 1.54) is 0 Å². The summed E-state index contributed by atoms with van der Waals surface area (Å²) in [7, 11) is -3.89. The van der Waals surface area contributed by atoms with Gasteiger partial charge in [-0.25, -0.2) is 8.42 Å². The van der Waals surface area contributed by atoms with Crippen molar-refractivity contribution in [3.8, 4) is 0 Å². The van der Waals surface area contributed by atoms with Gasteiger partial charge in [0.2, 0.25) is 15.0 Å². The standard InChI is InChI=1S/C6H10O5S2/c7-5(8)2-4-13(10,11)6(9)1-3-12/h12H,1-4H2,(H,7,8). The minimum Gasteiger partial charge on any atom is -0.481 e. The molecule has 0 aliphatic heterocycles. The van der Waals surface area contributed by atoms with E-state index in [1.807, 2.05) is 0 Å². The lowest BCUT2D eigenvalue weighted by Gasteiger charge is -1.98. The summed E-state index contributed by atoms with van der Waals surface area (Å²) < 4.78 is 22.0. The Morgan fingerprint density at radius 2 is 1.77 bits per heavy atom. The van der Waals surface area contributed by atoms with Crippen LogP contribution in [0.15, 0.2) is 0 Å². The molecule has 13 heavy (non-hydrogen) atoms. The Balaban J connectivity index is 4.24. The van der Waals surface area contributed by atoms with Crippen molar-refractivity contribution < 1.29 is 23.1 Å². The van der Waals surface area contributed by atoms with Crippen LogP contribution in [-0.4, -0.2) is 36.1 Å². The van der Waals surface area contributed by atoms with Crippen LogP contribution in [0.3, 0.4) is 0 Å². The molecule has 0 unspecified atom stereocenters. The maximum absolute atomic E-state index is 11.0. The molecule has 0 saturated heterocycles. The van der Waals surface area contributed by atoms with Gasteiger partial charge < -0.3 is 5.11 Å². The normalized spacial score (nSPS) is 11.2. The van der Waals surface area contributed by atoms with Crippen LogP contribution in [0.2, 0.25) is 0 Å². The van der Waals surface area contributed by atoms with Crippen LogP contribution in [-0.2, 0) is 19.4 Å². The molecule has 7 heteroatoms. The van der Waals surface area contributed by atoms with E-state index in [4.69, 9.17) is 5.11 Å². The first-order valence-electron chi connectivity index (χ1n) is 3.48. The molecule has 0 atom stereocenters. The largest absolute Gasteiger partial charge is 0.481 e. The topological polar surface area (TPSA) is 88.5 Å². The Bertz CT molecular complexity index is 292. The average molecular weight is 226 g/mol. The molecule has 0 radical (unpaired) electrons. The fraction of sp³-hybridized carbons (Fsp3) is 0.667. The Labute approximate surface area is 81.5 Å².